The largest absolute Gasteiger partial charge is 0.331 e. The molecule has 0 aliphatic rings. The Balaban J connectivity index is 2.69. The van der Waals surface area contributed by atoms with Gasteiger partial charge in [-0.15, -0.1) is 0 Å². The lowest BCUT2D eigenvalue weighted by Gasteiger charge is -2.18. The highest BCUT2D eigenvalue weighted by Crippen LogP contribution is 2.29. The lowest BCUT2D eigenvalue weighted by atomic mass is 9.86. The summed E-state index contributed by atoms with van der Waals surface area (Å²) < 4.78 is 2.13. The quantitative estimate of drug-likeness (QED) is 0.780. The summed E-state index contributed by atoms with van der Waals surface area (Å²) in [5, 5.41) is 9.25. The van der Waals surface area contributed by atoms with E-state index >= 15 is 0 Å². The highest BCUT2D eigenvalue weighted by Gasteiger charge is 2.24. The molecule has 0 N–H and O–H groups in total. The molecule has 0 spiro atoms. The van der Waals surface area contributed by atoms with E-state index in [2.05, 4.69) is 37.5 Å². The number of aromatic nitrogens is 2. The molecule has 2 aromatic rings. The van der Waals surface area contributed by atoms with Crippen molar-refractivity contribution in [1.29, 1.82) is 5.26 Å². The van der Waals surface area contributed by atoms with Crippen LogP contribution in [0.1, 0.15) is 46.0 Å². The van der Waals surface area contributed by atoms with Gasteiger partial charge in [0.05, 0.1) is 22.5 Å². The van der Waals surface area contributed by atoms with Crippen molar-refractivity contribution in [3.05, 3.63) is 29.6 Å². The molecule has 0 radical (unpaired) electrons. The van der Waals surface area contributed by atoms with E-state index in [1.807, 2.05) is 33.0 Å². The van der Waals surface area contributed by atoms with Crippen LogP contribution in [0.25, 0.3) is 11.0 Å². The fourth-order valence-electron chi connectivity index (χ4n) is 2.31. The summed E-state index contributed by atoms with van der Waals surface area (Å²) in [6.07, 6.45) is 0. The van der Waals surface area contributed by atoms with Gasteiger partial charge in [-0.1, -0.05) is 26.8 Å². The lowest BCUT2D eigenvalue weighted by Crippen LogP contribution is -2.17. The molecular formula is C16H21N3. The number of nitriles is 1. The Bertz CT molecular complexity index is 664. The maximum absolute atomic E-state index is 9.25. The van der Waals surface area contributed by atoms with Gasteiger partial charge in [-0.05, 0) is 31.5 Å². The minimum Gasteiger partial charge on any atom is -0.331 e. The van der Waals surface area contributed by atoms with Crippen molar-refractivity contribution in [1.82, 2.24) is 9.55 Å². The van der Waals surface area contributed by atoms with Gasteiger partial charge >= 0.3 is 0 Å². The number of benzene rings is 1. The molecule has 1 heterocycles. The maximum Gasteiger partial charge on any atom is 0.115 e. The minimum atomic E-state index is -0.472. The summed E-state index contributed by atoms with van der Waals surface area (Å²) >= 11 is 0. The van der Waals surface area contributed by atoms with Gasteiger partial charge in [-0.2, -0.15) is 5.26 Å². The van der Waals surface area contributed by atoms with E-state index < -0.39 is 5.41 Å². The summed E-state index contributed by atoms with van der Waals surface area (Å²) in [5.74, 6) is 1.06. The first-order valence-corrected chi connectivity index (χ1v) is 6.55. The monoisotopic (exact) mass is 255 g/mol. The van der Waals surface area contributed by atoms with Crippen LogP contribution in [0, 0.1) is 11.3 Å². The van der Waals surface area contributed by atoms with E-state index in [1.54, 1.807) is 0 Å². The van der Waals surface area contributed by atoms with Crippen molar-refractivity contribution in [2.45, 2.75) is 45.4 Å². The Hall–Kier alpha value is -1.82. The van der Waals surface area contributed by atoms with Crippen molar-refractivity contribution < 1.29 is 0 Å². The van der Waals surface area contributed by atoms with Crippen LogP contribution in [0.4, 0.5) is 0 Å². The van der Waals surface area contributed by atoms with Crippen molar-refractivity contribution in [3.8, 4) is 6.07 Å². The van der Waals surface area contributed by atoms with E-state index in [1.165, 1.54) is 0 Å². The van der Waals surface area contributed by atoms with E-state index in [0.717, 1.165) is 22.4 Å². The minimum absolute atomic E-state index is 0.0126. The summed E-state index contributed by atoms with van der Waals surface area (Å²) in [6.45, 7) is 10.4. The van der Waals surface area contributed by atoms with Crippen LogP contribution in [0.2, 0.25) is 0 Å². The first-order valence-electron chi connectivity index (χ1n) is 6.55. The fourth-order valence-corrected chi connectivity index (χ4v) is 2.31. The lowest BCUT2D eigenvalue weighted by molar-refractivity contribution is 0.526. The van der Waals surface area contributed by atoms with Crippen LogP contribution in [-0.4, -0.2) is 9.55 Å². The van der Waals surface area contributed by atoms with E-state index in [4.69, 9.17) is 4.98 Å². The van der Waals surface area contributed by atoms with Gasteiger partial charge in [-0.3, -0.25) is 0 Å². The van der Waals surface area contributed by atoms with E-state index in [9.17, 15) is 5.26 Å². The first-order chi connectivity index (χ1) is 8.66. The zero-order valence-electron chi connectivity index (χ0n) is 12.6. The predicted octanol–water partition coefficient (Wildman–Crippen LogP) is 3.67. The average Bonchev–Trinajstić information content (AvgIpc) is 2.66. The number of fused-ring (bicyclic) bond motifs is 1. The van der Waals surface area contributed by atoms with Gasteiger partial charge in [0.25, 0.3) is 0 Å². The van der Waals surface area contributed by atoms with Crippen LogP contribution in [0.3, 0.4) is 0 Å². The predicted molar refractivity (Wildman–Crippen MR) is 78.1 cm³/mol. The van der Waals surface area contributed by atoms with Crippen LogP contribution in [0.15, 0.2) is 18.2 Å². The number of rotatable bonds is 1. The van der Waals surface area contributed by atoms with Crippen molar-refractivity contribution in [2.24, 2.45) is 7.05 Å². The normalized spacial score (nSPS) is 12.7. The van der Waals surface area contributed by atoms with Gasteiger partial charge in [0.1, 0.15) is 5.82 Å². The molecule has 100 valence electrons. The van der Waals surface area contributed by atoms with Gasteiger partial charge in [0, 0.05) is 12.5 Å². The second-order valence-electron chi connectivity index (χ2n) is 6.68. The van der Waals surface area contributed by atoms with Crippen molar-refractivity contribution in [3.63, 3.8) is 0 Å². The van der Waals surface area contributed by atoms with Gasteiger partial charge in [-0.25, -0.2) is 4.98 Å². The Morgan fingerprint density at radius 1 is 1.16 bits per heavy atom. The molecule has 3 nitrogen and oxygen atoms in total. The third-order valence-corrected chi connectivity index (χ3v) is 3.55. The summed E-state index contributed by atoms with van der Waals surface area (Å²) in [7, 11) is 2.04. The first kappa shape index (κ1) is 13.6. The standard InChI is InChI=1S/C16H21N3/c1-15(2,3)14-18-12-8-7-11(16(4,5)10-17)9-13(12)19(14)6/h7-9H,1-6H3. The Kier molecular flexibility index (Phi) is 2.93. The van der Waals surface area contributed by atoms with Crippen molar-refractivity contribution >= 4 is 11.0 Å². The molecule has 0 unspecified atom stereocenters. The summed E-state index contributed by atoms with van der Waals surface area (Å²) in [6, 6.07) is 8.45. The number of hydrogen-bond acceptors (Lipinski definition) is 2. The van der Waals surface area contributed by atoms with E-state index in [0.29, 0.717) is 0 Å². The molecule has 3 heteroatoms. The molecule has 0 bridgehead atoms. The fraction of sp³-hybridized carbons (Fsp3) is 0.500. The van der Waals surface area contributed by atoms with Gasteiger partial charge in [0.15, 0.2) is 0 Å². The molecule has 1 aromatic heterocycles. The third kappa shape index (κ3) is 2.23. The third-order valence-electron chi connectivity index (χ3n) is 3.55. The molecule has 0 atom stereocenters. The van der Waals surface area contributed by atoms with Gasteiger partial charge < -0.3 is 4.57 Å². The van der Waals surface area contributed by atoms with Crippen LogP contribution >= 0.6 is 0 Å². The van der Waals surface area contributed by atoms with Crippen LogP contribution < -0.4 is 0 Å². The number of hydrogen-bond donors (Lipinski definition) is 0. The average molecular weight is 255 g/mol. The zero-order valence-corrected chi connectivity index (χ0v) is 12.6. The number of nitrogens with zero attached hydrogens (tertiary/aromatic N) is 3. The highest BCUT2D eigenvalue weighted by molar-refractivity contribution is 5.77. The Morgan fingerprint density at radius 3 is 2.32 bits per heavy atom. The Labute approximate surface area is 114 Å². The number of imidazole rings is 1. The molecule has 19 heavy (non-hydrogen) atoms. The SMILES string of the molecule is Cn1c(C(C)(C)C)nc2ccc(C(C)(C)C#N)cc21. The highest BCUT2D eigenvalue weighted by atomic mass is 15.1. The molecular weight excluding hydrogens is 234 g/mol. The van der Waals surface area contributed by atoms with E-state index in [-0.39, 0.29) is 5.41 Å². The molecule has 0 saturated carbocycles. The van der Waals surface area contributed by atoms with Crippen LogP contribution in [-0.2, 0) is 17.9 Å². The molecule has 0 saturated heterocycles. The van der Waals surface area contributed by atoms with Crippen LogP contribution in [0.5, 0.6) is 0 Å². The molecule has 2 rings (SSSR count). The van der Waals surface area contributed by atoms with Crippen molar-refractivity contribution in [2.75, 3.05) is 0 Å². The number of aryl methyl sites for hydroxylation is 1. The molecule has 0 fully saturated rings. The smallest absolute Gasteiger partial charge is 0.115 e. The maximum atomic E-state index is 9.25. The zero-order chi connectivity index (χ0) is 14.4. The molecule has 1 aromatic carbocycles. The second-order valence-corrected chi connectivity index (χ2v) is 6.68. The summed E-state index contributed by atoms with van der Waals surface area (Å²) in [4.78, 5) is 4.71. The second kappa shape index (κ2) is 4.09. The van der Waals surface area contributed by atoms with Gasteiger partial charge in [0.2, 0.25) is 0 Å². The molecule has 0 aliphatic carbocycles. The topological polar surface area (TPSA) is 41.6 Å². The Morgan fingerprint density at radius 2 is 1.79 bits per heavy atom. The molecule has 0 aliphatic heterocycles. The summed E-state index contributed by atoms with van der Waals surface area (Å²) in [5.41, 5.74) is 2.65. The molecule has 0 amide bonds.